The highest BCUT2D eigenvalue weighted by molar-refractivity contribution is 6.31. The van der Waals surface area contributed by atoms with E-state index in [-0.39, 0.29) is 16.1 Å². The third kappa shape index (κ3) is 4.44. The Balaban J connectivity index is 1.76. The van der Waals surface area contributed by atoms with Gasteiger partial charge in [0.15, 0.2) is 0 Å². The van der Waals surface area contributed by atoms with Crippen LogP contribution in [0.4, 0.5) is 8.78 Å². The first-order valence-corrected chi connectivity index (χ1v) is 11.6. The lowest BCUT2D eigenvalue weighted by Crippen LogP contribution is -2.42. The van der Waals surface area contributed by atoms with Crippen LogP contribution >= 0.6 is 11.6 Å². The minimum atomic E-state index is -0.812. The Hall–Kier alpha value is -2.31. The van der Waals surface area contributed by atoms with E-state index in [1.165, 1.54) is 6.07 Å². The van der Waals surface area contributed by atoms with Crippen molar-refractivity contribution in [2.75, 3.05) is 13.1 Å². The van der Waals surface area contributed by atoms with Gasteiger partial charge in [-0.1, -0.05) is 24.6 Å². The standard InChI is InChI=1S/C25H28ClF2N3O/c1-4-24-29-23-8-7-17(18-11-20(26)22(28)12-21(18)27)10-19(23)25(32)31(24)14-16-6-5-9-30(13-16)15(2)3/h7-8,10-12,15-16H,4-6,9,13-14H2,1-3H3/t16-/m0/s1. The maximum absolute atomic E-state index is 14.4. The van der Waals surface area contributed by atoms with Crippen LogP contribution in [0.1, 0.15) is 39.4 Å². The summed E-state index contributed by atoms with van der Waals surface area (Å²) in [6, 6.07) is 7.54. The second kappa shape index (κ2) is 9.28. The molecular weight excluding hydrogens is 432 g/mol. The molecule has 4 rings (SSSR count). The van der Waals surface area contributed by atoms with Crippen molar-refractivity contribution in [1.82, 2.24) is 14.5 Å². The van der Waals surface area contributed by atoms with E-state index in [9.17, 15) is 13.6 Å². The summed E-state index contributed by atoms with van der Waals surface area (Å²) in [5, 5.41) is 0.265. The van der Waals surface area contributed by atoms with Crippen molar-refractivity contribution in [3.8, 4) is 11.1 Å². The van der Waals surface area contributed by atoms with E-state index in [4.69, 9.17) is 16.6 Å². The first-order chi connectivity index (χ1) is 15.3. The monoisotopic (exact) mass is 459 g/mol. The van der Waals surface area contributed by atoms with Crippen LogP contribution in [0.15, 0.2) is 35.1 Å². The van der Waals surface area contributed by atoms with Gasteiger partial charge in [0.05, 0.1) is 15.9 Å². The molecule has 2 aromatic carbocycles. The molecule has 1 atom stereocenters. The number of aryl methyl sites for hydroxylation is 1. The van der Waals surface area contributed by atoms with E-state index in [0.29, 0.717) is 41.4 Å². The second-order valence-electron chi connectivity index (χ2n) is 8.87. The fraction of sp³-hybridized carbons (Fsp3) is 0.440. The van der Waals surface area contributed by atoms with Crippen LogP contribution in [0.3, 0.4) is 0 Å². The van der Waals surface area contributed by atoms with Crippen LogP contribution in [-0.4, -0.2) is 33.6 Å². The van der Waals surface area contributed by atoms with Crippen LogP contribution in [-0.2, 0) is 13.0 Å². The molecule has 3 aromatic rings. The normalized spacial score (nSPS) is 17.4. The summed E-state index contributed by atoms with van der Waals surface area (Å²) in [7, 11) is 0. The van der Waals surface area contributed by atoms with Crippen molar-refractivity contribution in [3.05, 3.63) is 63.2 Å². The zero-order valence-corrected chi connectivity index (χ0v) is 19.4. The molecule has 2 heterocycles. The number of hydrogen-bond donors (Lipinski definition) is 0. The highest BCUT2D eigenvalue weighted by atomic mass is 35.5. The number of hydrogen-bond acceptors (Lipinski definition) is 3. The van der Waals surface area contributed by atoms with Crippen molar-refractivity contribution < 1.29 is 8.78 Å². The van der Waals surface area contributed by atoms with Crippen LogP contribution in [0.5, 0.6) is 0 Å². The predicted molar refractivity (Wildman–Crippen MR) is 125 cm³/mol. The van der Waals surface area contributed by atoms with E-state index < -0.39 is 11.6 Å². The maximum atomic E-state index is 14.4. The SMILES string of the molecule is CCc1nc2ccc(-c3cc(Cl)c(F)cc3F)cc2c(=O)n1C[C@H]1CCCN(C(C)C)C1. The van der Waals surface area contributed by atoms with Crippen molar-refractivity contribution in [2.45, 2.75) is 52.6 Å². The first kappa shape index (κ1) is 22.9. The number of likely N-dealkylation sites (tertiary alicyclic amines) is 1. The third-order valence-electron chi connectivity index (χ3n) is 6.39. The fourth-order valence-corrected chi connectivity index (χ4v) is 4.77. The van der Waals surface area contributed by atoms with Crippen molar-refractivity contribution >= 4 is 22.5 Å². The molecule has 1 saturated heterocycles. The lowest BCUT2D eigenvalue weighted by Gasteiger charge is -2.35. The molecule has 1 aliphatic rings. The number of halogens is 3. The number of benzene rings is 2. The number of aromatic nitrogens is 2. The zero-order chi connectivity index (χ0) is 23.0. The lowest BCUT2D eigenvalue weighted by molar-refractivity contribution is 0.129. The molecule has 0 amide bonds. The van der Waals surface area contributed by atoms with Gasteiger partial charge in [0.2, 0.25) is 0 Å². The summed E-state index contributed by atoms with van der Waals surface area (Å²) >= 11 is 5.87. The van der Waals surface area contributed by atoms with Gasteiger partial charge in [0, 0.05) is 37.2 Å². The van der Waals surface area contributed by atoms with E-state index >= 15 is 0 Å². The molecule has 0 radical (unpaired) electrons. The van der Waals surface area contributed by atoms with Gasteiger partial charge in [-0.2, -0.15) is 0 Å². The average molecular weight is 460 g/mol. The van der Waals surface area contributed by atoms with Crippen molar-refractivity contribution in [2.24, 2.45) is 5.92 Å². The molecule has 1 fully saturated rings. The summed E-state index contributed by atoms with van der Waals surface area (Å²) in [6.07, 6.45) is 2.85. The molecule has 1 aliphatic heterocycles. The number of fused-ring (bicyclic) bond motifs is 1. The molecule has 0 unspecified atom stereocenters. The smallest absolute Gasteiger partial charge is 0.261 e. The molecule has 0 saturated carbocycles. The Morgan fingerprint density at radius 3 is 2.69 bits per heavy atom. The molecule has 170 valence electrons. The molecule has 32 heavy (non-hydrogen) atoms. The van der Waals surface area contributed by atoms with E-state index in [2.05, 4.69) is 18.7 Å². The van der Waals surface area contributed by atoms with E-state index in [0.717, 1.165) is 37.8 Å². The highest BCUT2D eigenvalue weighted by Gasteiger charge is 2.24. The van der Waals surface area contributed by atoms with Gasteiger partial charge in [-0.15, -0.1) is 0 Å². The zero-order valence-electron chi connectivity index (χ0n) is 18.7. The van der Waals surface area contributed by atoms with Crippen molar-refractivity contribution in [3.63, 3.8) is 0 Å². The molecule has 7 heteroatoms. The van der Waals surface area contributed by atoms with Crippen LogP contribution in [0.2, 0.25) is 5.02 Å². The quantitative estimate of drug-likeness (QED) is 0.461. The van der Waals surface area contributed by atoms with Gasteiger partial charge in [-0.05, 0) is 62.9 Å². The minimum Gasteiger partial charge on any atom is -0.301 e. The first-order valence-electron chi connectivity index (χ1n) is 11.2. The molecular formula is C25H28ClF2N3O. The summed E-state index contributed by atoms with van der Waals surface area (Å²) in [4.78, 5) is 20.7. The van der Waals surface area contributed by atoms with Gasteiger partial charge in [0.25, 0.3) is 5.56 Å². The number of nitrogens with zero attached hydrogens (tertiary/aromatic N) is 3. The molecule has 0 aliphatic carbocycles. The summed E-state index contributed by atoms with van der Waals surface area (Å²) < 4.78 is 29.8. The Kier molecular flexibility index (Phi) is 6.63. The third-order valence-corrected chi connectivity index (χ3v) is 6.68. The van der Waals surface area contributed by atoms with Gasteiger partial charge in [0.1, 0.15) is 17.5 Å². The molecule has 0 spiro atoms. The Morgan fingerprint density at radius 2 is 1.97 bits per heavy atom. The topological polar surface area (TPSA) is 38.1 Å². The Labute approximate surface area is 191 Å². The average Bonchev–Trinajstić information content (AvgIpc) is 2.78. The number of rotatable bonds is 5. The van der Waals surface area contributed by atoms with E-state index in [1.54, 1.807) is 22.8 Å². The predicted octanol–water partition coefficient (Wildman–Crippen LogP) is 5.68. The largest absolute Gasteiger partial charge is 0.301 e. The minimum absolute atomic E-state index is 0.121. The van der Waals surface area contributed by atoms with E-state index in [1.807, 2.05) is 6.92 Å². The van der Waals surface area contributed by atoms with Crippen LogP contribution in [0.25, 0.3) is 22.0 Å². The summed E-state index contributed by atoms with van der Waals surface area (Å²) in [5.41, 5.74) is 1.08. The summed E-state index contributed by atoms with van der Waals surface area (Å²) in [6.45, 7) is 9.07. The lowest BCUT2D eigenvalue weighted by atomic mass is 9.96. The highest BCUT2D eigenvalue weighted by Crippen LogP contribution is 2.30. The second-order valence-corrected chi connectivity index (χ2v) is 9.28. The van der Waals surface area contributed by atoms with Crippen LogP contribution in [0, 0.1) is 17.6 Å². The van der Waals surface area contributed by atoms with Crippen LogP contribution < -0.4 is 5.56 Å². The number of piperidine rings is 1. The molecule has 0 N–H and O–H groups in total. The maximum Gasteiger partial charge on any atom is 0.261 e. The van der Waals surface area contributed by atoms with Crippen molar-refractivity contribution in [1.29, 1.82) is 0 Å². The molecule has 1 aromatic heterocycles. The molecule has 4 nitrogen and oxygen atoms in total. The van der Waals surface area contributed by atoms with Gasteiger partial charge in [-0.3, -0.25) is 9.36 Å². The van der Waals surface area contributed by atoms with Gasteiger partial charge >= 0.3 is 0 Å². The van der Waals surface area contributed by atoms with Gasteiger partial charge < -0.3 is 4.90 Å². The summed E-state index contributed by atoms with van der Waals surface area (Å²) in [5.74, 6) is -0.396. The Bertz CT molecular complexity index is 1210. The van der Waals surface area contributed by atoms with Gasteiger partial charge in [-0.25, -0.2) is 13.8 Å². The molecule has 0 bridgehead atoms. The fourth-order valence-electron chi connectivity index (χ4n) is 4.61. The Morgan fingerprint density at radius 1 is 1.19 bits per heavy atom.